The topological polar surface area (TPSA) is 112 Å². The third-order valence-electron chi connectivity index (χ3n) is 8.27. The Labute approximate surface area is 271 Å². The highest BCUT2D eigenvalue weighted by Gasteiger charge is 2.31. The molecule has 0 fully saturated rings. The second-order valence-corrected chi connectivity index (χ2v) is 12.1. The van der Waals surface area contributed by atoms with E-state index in [0.717, 1.165) is 33.5 Å². The van der Waals surface area contributed by atoms with Gasteiger partial charge in [0, 0.05) is 35.5 Å². The van der Waals surface area contributed by atoms with Gasteiger partial charge in [0.05, 0.1) is 5.69 Å². The lowest BCUT2D eigenvalue weighted by molar-refractivity contribution is -0.118. The summed E-state index contributed by atoms with van der Waals surface area (Å²) >= 11 is 1.32. The Kier molecular flexibility index (Phi) is 9.50. The molecule has 0 saturated heterocycles. The number of amides is 3. The molecule has 0 aliphatic heterocycles. The maximum atomic E-state index is 13.5. The fourth-order valence-corrected chi connectivity index (χ4v) is 6.68. The first-order valence-corrected chi connectivity index (χ1v) is 16.2. The van der Waals surface area contributed by atoms with Crippen molar-refractivity contribution in [2.24, 2.45) is 0 Å². The van der Waals surface area contributed by atoms with Gasteiger partial charge in [-0.1, -0.05) is 97.1 Å². The van der Waals surface area contributed by atoms with Crippen LogP contribution in [-0.2, 0) is 4.79 Å². The van der Waals surface area contributed by atoms with Gasteiger partial charge in [-0.2, -0.15) is 0 Å². The van der Waals surface area contributed by atoms with E-state index in [-0.39, 0.29) is 17.7 Å². The van der Waals surface area contributed by atoms with Crippen molar-refractivity contribution < 1.29 is 19.5 Å². The molecule has 4 aromatic carbocycles. The van der Waals surface area contributed by atoms with Crippen molar-refractivity contribution in [3.8, 4) is 22.4 Å². The number of benzene rings is 4. The van der Waals surface area contributed by atoms with Crippen molar-refractivity contribution in [3.05, 3.63) is 131 Å². The van der Waals surface area contributed by atoms with Gasteiger partial charge in [0.15, 0.2) is 5.13 Å². The first kappa shape index (κ1) is 30.7. The zero-order valence-electron chi connectivity index (χ0n) is 25.1. The van der Waals surface area contributed by atoms with Crippen molar-refractivity contribution in [2.75, 3.05) is 18.4 Å². The SMILES string of the molecule is O=C(NC(CCCCN(CC1c2ccccc2-c2ccccc21)C(=O)O)C(=O)Nc1nc(-c2ccccc2)cs1)c1ccccc1. The molecule has 232 valence electrons. The van der Waals surface area contributed by atoms with Gasteiger partial charge in [-0.3, -0.25) is 9.59 Å². The summed E-state index contributed by atoms with van der Waals surface area (Å²) in [4.78, 5) is 44.9. The van der Waals surface area contributed by atoms with E-state index in [2.05, 4.69) is 39.9 Å². The molecule has 1 aliphatic carbocycles. The molecule has 0 saturated carbocycles. The molecule has 46 heavy (non-hydrogen) atoms. The number of rotatable bonds is 12. The van der Waals surface area contributed by atoms with Crippen LogP contribution in [0, 0.1) is 0 Å². The van der Waals surface area contributed by atoms with Crippen LogP contribution in [0.2, 0.25) is 0 Å². The summed E-state index contributed by atoms with van der Waals surface area (Å²) in [7, 11) is 0. The normalized spacial score (nSPS) is 12.5. The monoisotopic (exact) mass is 630 g/mol. The van der Waals surface area contributed by atoms with E-state index in [9.17, 15) is 19.5 Å². The van der Waals surface area contributed by atoms with E-state index in [1.807, 2.05) is 66.0 Å². The Morgan fingerprint density at radius 3 is 2.07 bits per heavy atom. The average molecular weight is 631 g/mol. The minimum absolute atomic E-state index is 0.0498. The van der Waals surface area contributed by atoms with E-state index in [0.29, 0.717) is 43.0 Å². The Bertz CT molecular complexity index is 1780. The van der Waals surface area contributed by atoms with E-state index in [4.69, 9.17) is 0 Å². The minimum Gasteiger partial charge on any atom is -0.465 e. The van der Waals surface area contributed by atoms with Crippen molar-refractivity contribution >= 4 is 34.4 Å². The number of fused-ring (bicyclic) bond motifs is 3. The van der Waals surface area contributed by atoms with Gasteiger partial charge in [0.2, 0.25) is 5.91 Å². The van der Waals surface area contributed by atoms with Gasteiger partial charge < -0.3 is 20.6 Å². The Morgan fingerprint density at radius 1 is 0.804 bits per heavy atom. The first-order chi connectivity index (χ1) is 22.5. The quantitative estimate of drug-likeness (QED) is 0.124. The predicted molar refractivity (Wildman–Crippen MR) is 181 cm³/mol. The third kappa shape index (κ3) is 7.00. The zero-order chi connectivity index (χ0) is 31.9. The number of nitrogens with one attached hydrogen (secondary N) is 2. The fraction of sp³-hybridized carbons (Fsp3) is 0.189. The summed E-state index contributed by atoms with van der Waals surface area (Å²) in [6, 6.07) is 33.9. The third-order valence-corrected chi connectivity index (χ3v) is 9.03. The second-order valence-electron chi connectivity index (χ2n) is 11.2. The zero-order valence-corrected chi connectivity index (χ0v) is 26.0. The number of carbonyl (C=O) groups is 3. The van der Waals surface area contributed by atoms with Crippen molar-refractivity contribution in [2.45, 2.75) is 31.2 Å². The molecule has 1 aromatic heterocycles. The lowest BCUT2D eigenvalue weighted by Gasteiger charge is -2.25. The molecule has 9 heteroatoms. The van der Waals surface area contributed by atoms with Crippen LogP contribution in [0.25, 0.3) is 22.4 Å². The fourth-order valence-electron chi connectivity index (χ4n) is 5.96. The van der Waals surface area contributed by atoms with Gasteiger partial charge in [-0.15, -0.1) is 11.3 Å². The molecule has 5 aromatic rings. The molecular weight excluding hydrogens is 596 g/mol. The van der Waals surface area contributed by atoms with E-state index in [1.165, 1.54) is 16.2 Å². The number of thiazole rings is 1. The molecule has 1 heterocycles. The van der Waals surface area contributed by atoms with Gasteiger partial charge in [-0.25, -0.2) is 9.78 Å². The van der Waals surface area contributed by atoms with Crippen LogP contribution in [0.3, 0.4) is 0 Å². The minimum atomic E-state index is -0.980. The molecule has 3 amide bonds. The summed E-state index contributed by atoms with van der Waals surface area (Å²) in [6.45, 7) is 0.649. The number of anilines is 1. The van der Waals surface area contributed by atoms with Crippen LogP contribution >= 0.6 is 11.3 Å². The molecule has 1 aliphatic rings. The highest BCUT2D eigenvalue weighted by Crippen LogP contribution is 2.44. The number of nitrogens with zero attached hydrogens (tertiary/aromatic N) is 2. The Balaban J connectivity index is 1.11. The van der Waals surface area contributed by atoms with Crippen LogP contribution < -0.4 is 10.6 Å². The van der Waals surface area contributed by atoms with Gasteiger partial charge >= 0.3 is 6.09 Å². The molecule has 1 unspecified atom stereocenters. The van der Waals surface area contributed by atoms with Gasteiger partial charge in [0.25, 0.3) is 5.91 Å². The van der Waals surface area contributed by atoms with E-state index >= 15 is 0 Å². The number of hydrogen-bond acceptors (Lipinski definition) is 5. The van der Waals surface area contributed by atoms with Gasteiger partial charge in [0.1, 0.15) is 6.04 Å². The molecule has 8 nitrogen and oxygen atoms in total. The van der Waals surface area contributed by atoms with Crippen molar-refractivity contribution in [3.63, 3.8) is 0 Å². The molecule has 0 bridgehead atoms. The predicted octanol–water partition coefficient (Wildman–Crippen LogP) is 7.51. The Hall–Kier alpha value is -5.28. The van der Waals surface area contributed by atoms with Gasteiger partial charge in [-0.05, 0) is 53.6 Å². The van der Waals surface area contributed by atoms with E-state index < -0.39 is 12.1 Å². The second kappa shape index (κ2) is 14.2. The highest BCUT2D eigenvalue weighted by molar-refractivity contribution is 7.14. The van der Waals surface area contributed by atoms with Crippen LogP contribution in [0.15, 0.2) is 115 Å². The summed E-state index contributed by atoms with van der Waals surface area (Å²) in [5.74, 6) is -0.769. The smallest absolute Gasteiger partial charge is 0.407 e. The lowest BCUT2D eigenvalue weighted by Crippen LogP contribution is -2.44. The molecular formula is C37H34N4O4S. The highest BCUT2D eigenvalue weighted by atomic mass is 32.1. The molecule has 1 atom stereocenters. The van der Waals surface area contributed by atoms with Crippen molar-refractivity contribution in [1.82, 2.24) is 15.2 Å². The average Bonchev–Trinajstić information content (AvgIpc) is 3.68. The summed E-state index contributed by atoms with van der Waals surface area (Å²) in [5.41, 5.74) is 6.71. The Morgan fingerprint density at radius 2 is 1.41 bits per heavy atom. The number of unbranched alkanes of at least 4 members (excludes halogenated alkanes) is 1. The first-order valence-electron chi connectivity index (χ1n) is 15.3. The van der Waals surface area contributed by atoms with Crippen LogP contribution in [0.4, 0.5) is 9.93 Å². The summed E-state index contributed by atoms with van der Waals surface area (Å²) in [6.07, 6.45) is 0.417. The molecule has 3 N–H and O–H groups in total. The van der Waals surface area contributed by atoms with E-state index in [1.54, 1.807) is 24.3 Å². The maximum absolute atomic E-state index is 13.5. The summed E-state index contributed by atoms with van der Waals surface area (Å²) in [5, 5.41) is 18.2. The largest absolute Gasteiger partial charge is 0.465 e. The van der Waals surface area contributed by atoms with Crippen LogP contribution in [0.5, 0.6) is 0 Å². The number of aromatic nitrogens is 1. The number of carboxylic acid groups (broad SMARTS) is 1. The summed E-state index contributed by atoms with van der Waals surface area (Å²) < 4.78 is 0. The van der Waals surface area contributed by atoms with Crippen LogP contribution in [0.1, 0.15) is 46.7 Å². The standard InChI is InChI=1S/C37H34N4O4S/c42-34(26-15-5-2-6-16-26)38-32(35(43)40-36-39-33(24-46-36)25-13-3-1-4-14-25)21-11-12-22-41(37(44)45)23-31-29-19-9-7-17-27(29)28-18-8-10-20-30(28)31/h1-10,13-20,24,31-32H,11-12,21-23H2,(H,38,42)(H,44,45)(H,39,40,43). The van der Waals surface area contributed by atoms with Crippen LogP contribution in [-0.4, -0.2) is 52.0 Å². The maximum Gasteiger partial charge on any atom is 0.407 e. The van der Waals surface area contributed by atoms with Crippen molar-refractivity contribution in [1.29, 1.82) is 0 Å². The molecule has 0 spiro atoms. The lowest BCUT2D eigenvalue weighted by atomic mass is 9.96. The molecule has 0 radical (unpaired) electrons. The number of hydrogen-bond donors (Lipinski definition) is 3. The molecule has 6 rings (SSSR count). The number of carbonyl (C=O) groups excluding carboxylic acids is 2.